The third kappa shape index (κ3) is 5.38. The lowest BCUT2D eigenvalue weighted by Crippen LogP contribution is -2.26. The number of thiazole rings is 1. The summed E-state index contributed by atoms with van der Waals surface area (Å²) in [5.74, 6) is -1.39. The predicted octanol–water partition coefficient (Wildman–Crippen LogP) is 5.28. The molecule has 0 saturated carbocycles. The summed E-state index contributed by atoms with van der Waals surface area (Å²) in [6.07, 6.45) is 0. The second-order valence-corrected chi connectivity index (χ2v) is 8.79. The van der Waals surface area contributed by atoms with Crippen LogP contribution in [-0.4, -0.2) is 16.4 Å². The standard InChI is InChI=1S/C27H24FN3O2S/c1-18-17-34-27(30-26(33)23-13-6-7-14-24(23)28)31(18)16-20-9-8-12-22(15-20)25(32)29-19(2)21-10-4-3-5-11-21/h3-15,17,19H,16H2,1-2H3,(H,29,32)/t19-/m1/s1. The molecule has 0 spiro atoms. The molecule has 1 N–H and O–H groups in total. The van der Waals surface area contributed by atoms with Gasteiger partial charge in [0.05, 0.1) is 18.2 Å². The minimum Gasteiger partial charge on any atom is -0.346 e. The number of nitrogens with zero attached hydrogens (tertiary/aromatic N) is 2. The van der Waals surface area contributed by atoms with Crippen LogP contribution in [0.3, 0.4) is 0 Å². The van der Waals surface area contributed by atoms with Crippen molar-refractivity contribution < 1.29 is 14.0 Å². The molecule has 7 heteroatoms. The monoisotopic (exact) mass is 473 g/mol. The van der Waals surface area contributed by atoms with Gasteiger partial charge in [-0.3, -0.25) is 9.59 Å². The molecule has 4 aromatic rings. The first-order valence-corrected chi connectivity index (χ1v) is 11.7. The quantitative estimate of drug-likeness (QED) is 0.414. The Bertz CT molecular complexity index is 1390. The lowest BCUT2D eigenvalue weighted by atomic mass is 10.1. The topological polar surface area (TPSA) is 63.5 Å². The van der Waals surface area contributed by atoms with Gasteiger partial charge < -0.3 is 9.88 Å². The third-order valence-electron chi connectivity index (χ3n) is 5.47. The second kappa shape index (κ2) is 10.4. The van der Waals surface area contributed by atoms with Crippen LogP contribution in [0, 0.1) is 12.7 Å². The molecule has 172 valence electrons. The Kier molecular flexibility index (Phi) is 7.13. The molecule has 2 amide bonds. The average molecular weight is 474 g/mol. The van der Waals surface area contributed by atoms with E-state index in [0.29, 0.717) is 16.9 Å². The summed E-state index contributed by atoms with van der Waals surface area (Å²) in [5.41, 5.74) is 3.32. The van der Waals surface area contributed by atoms with Crippen molar-refractivity contribution in [2.24, 2.45) is 4.99 Å². The van der Waals surface area contributed by atoms with Crippen LogP contribution in [0.1, 0.15) is 50.5 Å². The Balaban J connectivity index is 1.55. The second-order valence-electron chi connectivity index (χ2n) is 7.95. The van der Waals surface area contributed by atoms with Gasteiger partial charge >= 0.3 is 0 Å². The first-order chi connectivity index (χ1) is 16.4. The van der Waals surface area contributed by atoms with Crippen molar-refractivity contribution in [2.45, 2.75) is 26.4 Å². The molecule has 1 heterocycles. The number of rotatable bonds is 6. The normalized spacial score (nSPS) is 12.4. The number of benzene rings is 3. The highest BCUT2D eigenvalue weighted by atomic mass is 32.1. The van der Waals surface area contributed by atoms with Gasteiger partial charge in [0.15, 0.2) is 4.80 Å². The molecule has 0 aliphatic rings. The molecular weight excluding hydrogens is 449 g/mol. The maximum atomic E-state index is 14.0. The lowest BCUT2D eigenvalue weighted by molar-refractivity contribution is 0.0938. The molecule has 3 aromatic carbocycles. The van der Waals surface area contributed by atoms with Crippen molar-refractivity contribution in [2.75, 3.05) is 0 Å². The van der Waals surface area contributed by atoms with E-state index in [9.17, 15) is 14.0 Å². The Morgan fingerprint density at radius 3 is 2.53 bits per heavy atom. The number of aromatic nitrogens is 1. The fourth-order valence-corrected chi connectivity index (χ4v) is 4.45. The largest absolute Gasteiger partial charge is 0.346 e. The fraction of sp³-hybridized carbons (Fsp3) is 0.148. The maximum Gasteiger partial charge on any atom is 0.282 e. The van der Waals surface area contributed by atoms with E-state index in [-0.39, 0.29) is 17.5 Å². The van der Waals surface area contributed by atoms with Crippen LogP contribution >= 0.6 is 11.3 Å². The molecule has 0 fully saturated rings. The van der Waals surface area contributed by atoms with Gasteiger partial charge in [0.2, 0.25) is 0 Å². The number of nitrogens with one attached hydrogen (secondary N) is 1. The average Bonchev–Trinajstić information content (AvgIpc) is 3.18. The highest BCUT2D eigenvalue weighted by molar-refractivity contribution is 7.07. The summed E-state index contributed by atoms with van der Waals surface area (Å²) in [5, 5.41) is 4.92. The van der Waals surface area contributed by atoms with Gasteiger partial charge in [0, 0.05) is 16.6 Å². The zero-order valence-electron chi connectivity index (χ0n) is 18.9. The zero-order chi connectivity index (χ0) is 24.1. The van der Waals surface area contributed by atoms with Crippen LogP contribution in [0.25, 0.3) is 0 Å². The van der Waals surface area contributed by atoms with Crippen LogP contribution < -0.4 is 10.1 Å². The minimum atomic E-state index is -0.628. The van der Waals surface area contributed by atoms with E-state index in [2.05, 4.69) is 10.3 Å². The molecule has 4 rings (SSSR count). The van der Waals surface area contributed by atoms with Crippen molar-refractivity contribution in [1.29, 1.82) is 0 Å². The molecule has 0 saturated heterocycles. The number of hydrogen-bond donors (Lipinski definition) is 1. The van der Waals surface area contributed by atoms with Crippen molar-refractivity contribution in [3.05, 3.63) is 123 Å². The number of halogens is 1. The van der Waals surface area contributed by atoms with Crippen LogP contribution in [0.2, 0.25) is 0 Å². The molecule has 0 aliphatic heterocycles. The van der Waals surface area contributed by atoms with Crippen molar-refractivity contribution >= 4 is 23.2 Å². The summed E-state index contributed by atoms with van der Waals surface area (Å²) in [6, 6.07) is 22.8. The number of carbonyl (C=O) groups is 2. The summed E-state index contributed by atoms with van der Waals surface area (Å²) >= 11 is 1.31. The van der Waals surface area contributed by atoms with Crippen LogP contribution in [-0.2, 0) is 6.54 Å². The van der Waals surface area contributed by atoms with E-state index < -0.39 is 11.7 Å². The van der Waals surface area contributed by atoms with Gasteiger partial charge in [-0.15, -0.1) is 11.3 Å². The Labute approximate surface area is 201 Å². The molecule has 1 atom stereocenters. The van der Waals surface area contributed by atoms with Crippen LogP contribution in [0.5, 0.6) is 0 Å². The number of amides is 2. The van der Waals surface area contributed by atoms with E-state index >= 15 is 0 Å². The van der Waals surface area contributed by atoms with Gasteiger partial charge in [-0.05, 0) is 49.2 Å². The highest BCUT2D eigenvalue weighted by Gasteiger charge is 2.14. The van der Waals surface area contributed by atoms with E-state index in [1.54, 1.807) is 12.1 Å². The zero-order valence-corrected chi connectivity index (χ0v) is 19.7. The van der Waals surface area contributed by atoms with E-state index in [1.807, 2.05) is 72.3 Å². The Hall–Kier alpha value is -3.84. The van der Waals surface area contributed by atoms with Crippen LogP contribution in [0.4, 0.5) is 4.39 Å². The van der Waals surface area contributed by atoms with E-state index in [4.69, 9.17) is 0 Å². The summed E-state index contributed by atoms with van der Waals surface area (Å²) in [7, 11) is 0. The molecule has 0 aliphatic carbocycles. The van der Waals surface area contributed by atoms with Crippen LogP contribution in [0.15, 0.2) is 89.2 Å². The Morgan fingerprint density at radius 1 is 1.03 bits per heavy atom. The molecule has 34 heavy (non-hydrogen) atoms. The van der Waals surface area contributed by atoms with Crippen molar-refractivity contribution in [3.8, 4) is 0 Å². The van der Waals surface area contributed by atoms with Gasteiger partial charge in [0.25, 0.3) is 11.8 Å². The summed E-state index contributed by atoms with van der Waals surface area (Å²) < 4.78 is 15.9. The fourth-order valence-electron chi connectivity index (χ4n) is 3.58. The maximum absolute atomic E-state index is 14.0. The van der Waals surface area contributed by atoms with Gasteiger partial charge in [-0.1, -0.05) is 54.6 Å². The van der Waals surface area contributed by atoms with E-state index in [0.717, 1.165) is 16.8 Å². The molecular formula is C27H24FN3O2S. The van der Waals surface area contributed by atoms with Crippen molar-refractivity contribution in [1.82, 2.24) is 9.88 Å². The van der Waals surface area contributed by atoms with Gasteiger partial charge in [-0.2, -0.15) is 4.99 Å². The SMILES string of the molecule is Cc1csc(=NC(=O)c2ccccc2F)n1Cc1cccc(C(=O)N[C@H](C)c2ccccc2)c1. The predicted molar refractivity (Wildman–Crippen MR) is 131 cm³/mol. The smallest absolute Gasteiger partial charge is 0.282 e. The van der Waals surface area contributed by atoms with Gasteiger partial charge in [-0.25, -0.2) is 4.39 Å². The Morgan fingerprint density at radius 2 is 1.76 bits per heavy atom. The number of hydrogen-bond acceptors (Lipinski definition) is 3. The minimum absolute atomic E-state index is 0.0636. The van der Waals surface area contributed by atoms with E-state index in [1.165, 1.54) is 29.5 Å². The molecule has 1 aromatic heterocycles. The molecule has 0 unspecified atom stereocenters. The number of carbonyl (C=O) groups excluding carboxylic acids is 2. The van der Waals surface area contributed by atoms with Gasteiger partial charge in [0.1, 0.15) is 5.82 Å². The third-order valence-corrected chi connectivity index (χ3v) is 6.45. The molecule has 5 nitrogen and oxygen atoms in total. The molecule has 0 radical (unpaired) electrons. The highest BCUT2D eigenvalue weighted by Crippen LogP contribution is 2.14. The first-order valence-electron chi connectivity index (χ1n) is 10.9. The first kappa shape index (κ1) is 23.3. The number of aryl methyl sites for hydroxylation is 1. The summed E-state index contributed by atoms with van der Waals surface area (Å²) in [4.78, 5) is 30.0. The molecule has 0 bridgehead atoms. The lowest BCUT2D eigenvalue weighted by Gasteiger charge is -2.15. The summed E-state index contributed by atoms with van der Waals surface area (Å²) in [6.45, 7) is 4.29. The van der Waals surface area contributed by atoms with Crippen molar-refractivity contribution in [3.63, 3.8) is 0 Å².